The van der Waals surface area contributed by atoms with Crippen LogP contribution in [0.5, 0.6) is 5.75 Å². The van der Waals surface area contributed by atoms with E-state index < -0.39 is 0 Å². The van der Waals surface area contributed by atoms with E-state index >= 15 is 0 Å². The number of rotatable bonds is 10. The van der Waals surface area contributed by atoms with Crippen molar-refractivity contribution < 1.29 is 4.74 Å². The summed E-state index contributed by atoms with van der Waals surface area (Å²) < 4.78 is 5.72. The summed E-state index contributed by atoms with van der Waals surface area (Å²) in [5.41, 5.74) is 2.52. The maximum absolute atomic E-state index is 6.29. The lowest BCUT2D eigenvalue weighted by Crippen LogP contribution is -2.55. The number of halogens is 2. The lowest BCUT2D eigenvalue weighted by molar-refractivity contribution is 0.0261. The van der Waals surface area contributed by atoms with Crippen LogP contribution in [0.3, 0.4) is 0 Å². The van der Waals surface area contributed by atoms with Gasteiger partial charge in [-0.25, -0.2) is 0 Å². The van der Waals surface area contributed by atoms with E-state index in [2.05, 4.69) is 66.6 Å². The van der Waals surface area contributed by atoms with Crippen molar-refractivity contribution in [1.82, 2.24) is 4.90 Å². The maximum Gasteiger partial charge on any atom is 0.143 e. The Morgan fingerprint density at radius 1 is 1.09 bits per heavy atom. The van der Waals surface area contributed by atoms with Gasteiger partial charge in [0.05, 0.1) is 12.8 Å². The highest BCUT2D eigenvalue weighted by Gasteiger charge is 2.46. The number of hydrogen-bond acceptors (Lipinski definition) is 3. The molecule has 0 amide bonds. The van der Waals surface area contributed by atoms with Crippen LogP contribution >= 0.6 is 23.2 Å². The van der Waals surface area contributed by atoms with E-state index in [1.807, 2.05) is 12.1 Å². The van der Waals surface area contributed by atoms with Gasteiger partial charge in [-0.3, -0.25) is 4.90 Å². The Kier molecular flexibility index (Phi) is 8.17. The van der Waals surface area contributed by atoms with Gasteiger partial charge in [0.15, 0.2) is 0 Å². The third-order valence-corrected chi connectivity index (χ3v) is 8.36. The second kappa shape index (κ2) is 10.9. The molecule has 2 aliphatic carbocycles. The molecule has 34 heavy (non-hydrogen) atoms. The molecule has 2 aromatic carbocycles. The van der Waals surface area contributed by atoms with Gasteiger partial charge in [-0.2, -0.15) is 0 Å². The number of hydrogen-bond donors (Lipinski definition) is 0. The molecule has 2 aromatic rings. The van der Waals surface area contributed by atoms with E-state index in [0.29, 0.717) is 17.0 Å². The van der Waals surface area contributed by atoms with Crippen molar-refractivity contribution in [3.05, 3.63) is 70.7 Å². The summed E-state index contributed by atoms with van der Waals surface area (Å²) in [5, 5.41) is 1.50. The summed E-state index contributed by atoms with van der Waals surface area (Å²) in [6, 6.07) is 15.0. The molecule has 2 saturated carbocycles. The molecular formula is C29H38Cl2N2O. The van der Waals surface area contributed by atoms with Crippen LogP contribution < -0.4 is 9.64 Å². The van der Waals surface area contributed by atoms with Crippen LogP contribution in [0.1, 0.15) is 51.5 Å². The molecule has 0 radical (unpaired) electrons. The fraction of sp³-hybridized carbons (Fsp3) is 0.517. The predicted molar refractivity (Wildman–Crippen MR) is 145 cm³/mol. The molecule has 2 fully saturated rings. The van der Waals surface area contributed by atoms with Gasteiger partial charge in [0.2, 0.25) is 0 Å². The number of methoxy groups -OCH3 is 1. The molecule has 0 spiro atoms. The minimum Gasteiger partial charge on any atom is -0.495 e. The summed E-state index contributed by atoms with van der Waals surface area (Å²) in [7, 11) is 1.73. The van der Waals surface area contributed by atoms with Crippen molar-refractivity contribution in [2.45, 2.75) is 57.5 Å². The van der Waals surface area contributed by atoms with E-state index in [0.717, 1.165) is 61.3 Å². The van der Waals surface area contributed by atoms with Crippen LogP contribution in [0.25, 0.3) is 0 Å². The molecule has 0 aliphatic heterocycles. The predicted octanol–water partition coefficient (Wildman–Crippen LogP) is 7.81. The maximum atomic E-state index is 6.29. The lowest BCUT2D eigenvalue weighted by Gasteiger charge is -2.53. The van der Waals surface area contributed by atoms with Crippen LogP contribution in [0.4, 0.5) is 5.69 Å². The fourth-order valence-electron chi connectivity index (χ4n) is 6.06. The van der Waals surface area contributed by atoms with Gasteiger partial charge in [-0.15, -0.1) is 6.58 Å². The molecule has 0 saturated heterocycles. The topological polar surface area (TPSA) is 15.7 Å². The fourth-order valence-corrected chi connectivity index (χ4v) is 6.35. The second-order valence-electron chi connectivity index (χ2n) is 10.1. The lowest BCUT2D eigenvalue weighted by atomic mass is 9.68. The standard InChI is InChI=1S/C29H38Cl2N2O/c1-5-17-32(20-22-7-8-22)29(23-9-11-24(30)12-10-23)16-15-26(21(3)19-29)33(6-2)27-14-13-25(31)18-28(27)34-4/h5,9-14,18,21-22,26H,1,6-8,15-17,19-20H2,2-4H3. The highest BCUT2D eigenvalue weighted by atomic mass is 35.5. The molecule has 3 nitrogen and oxygen atoms in total. The van der Waals surface area contributed by atoms with E-state index in [-0.39, 0.29) is 5.54 Å². The molecule has 2 aliphatic rings. The monoisotopic (exact) mass is 500 g/mol. The quantitative estimate of drug-likeness (QED) is 0.309. The van der Waals surface area contributed by atoms with Gasteiger partial charge < -0.3 is 9.64 Å². The normalized spacial score (nSPS) is 24.8. The molecule has 0 heterocycles. The minimum atomic E-state index is 0.000773. The zero-order valence-corrected chi connectivity index (χ0v) is 22.3. The number of ether oxygens (including phenoxy) is 1. The molecule has 0 aromatic heterocycles. The Bertz CT molecular complexity index is 975. The average Bonchev–Trinajstić information content (AvgIpc) is 3.65. The van der Waals surface area contributed by atoms with E-state index in [1.54, 1.807) is 7.11 Å². The first-order valence-corrected chi connectivity index (χ1v) is 13.4. The van der Waals surface area contributed by atoms with E-state index in [9.17, 15) is 0 Å². The van der Waals surface area contributed by atoms with Crippen molar-refractivity contribution in [3.63, 3.8) is 0 Å². The smallest absolute Gasteiger partial charge is 0.143 e. The second-order valence-corrected chi connectivity index (χ2v) is 10.9. The van der Waals surface area contributed by atoms with Crippen LogP contribution in [-0.4, -0.2) is 37.7 Å². The third kappa shape index (κ3) is 5.27. The zero-order valence-electron chi connectivity index (χ0n) is 20.8. The SMILES string of the molecule is C=CCN(CC1CC1)C1(c2ccc(Cl)cc2)CCC(N(CC)c2ccc(Cl)cc2OC)C(C)C1. The first-order valence-electron chi connectivity index (χ1n) is 12.6. The summed E-state index contributed by atoms with van der Waals surface area (Å²) in [4.78, 5) is 5.23. The molecular weight excluding hydrogens is 463 g/mol. The molecule has 5 heteroatoms. The highest BCUT2D eigenvalue weighted by molar-refractivity contribution is 6.31. The minimum absolute atomic E-state index is 0.000773. The van der Waals surface area contributed by atoms with Crippen molar-refractivity contribution >= 4 is 28.9 Å². The van der Waals surface area contributed by atoms with Gasteiger partial charge >= 0.3 is 0 Å². The van der Waals surface area contributed by atoms with Gasteiger partial charge in [0, 0.05) is 47.3 Å². The van der Waals surface area contributed by atoms with Gasteiger partial charge in [0.1, 0.15) is 5.75 Å². The van der Waals surface area contributed by atoms with Crippen molar-refractivity contribution in [3.8, 4) is 5.75 Å². The zero-order chi connectivity index (χ0) is 24.3. The van der Waals surface area contributed by atoms with Gasteiger partial charge in [-0.05, 0) is 80.7 Å². The summed E-state index contributed by atoms with van der Waals surface area (Å²) in [5.74, 6) is 2.16. The Labute approximate surface area is 215 Å². The van der Waals surface area contributed by atoms with Crippen LogP contribution in [0.15, 0.2) is 55.1 Å². The van der Waals surface area contributed by atoms with Crippen molar-refractivity contribution in [2.24, 2.45) is 11.8 Å². The molecule has 3 atom stereocenters. The van der Waals surface area contributed by atoms with Crippen molar-refractivity contribution in [2.75, 3.05) is 31.6 Å². The average molecular weight is 502 g/mol. The van der Waals surface area contributed by atoms with E-state index in [4.69, 9.17) is 27.9 Å². The summed E-state index contributed by atoms with van der Waals surface area (Å²) >= 11 is 12.6. The molecule has 0 bridgehead atoms. The van der Waals surface area contributed by atoms with Crippen LogP contribution in [0.2, 0.25) is 10.0 Å². The summed E-state index contributed by atoms with van der Waals surface area (Å²) in [6.45, 7) is 11.8. The third-order valence-electron chi connectivity index (χ3n) is 7.87. The molecule has 3 unspecified atom stereocenters. The Balaban J connectivity index is 1.67. The molecule has 184 valence electrons. The number of benzene rings is 2. The number of nitrogens with zero attached hydrogens (tertiary/aromatic N) is 2. The van der Waals surface area contributed by atoms with E-state index in [1.165, 1.54) is 18.4 Å². The largest absolute Gasteiger partial charge is 0.495 e. The van der Waals surface area contributed by atoms with Crippen LogP contribution in [0, 0.1) is 11.8 Å². The van der Waals surface area contributed by atoms with Gasteiger partial charge in [-0.1, -0.05) is 48.3 Å². The molecule has 0 N–H and O–H groups in total. The van der Waals surface area contributed by atoms with Gasteiger partial charge in [0.25, 0.3) is 0 Å². The highest BCUT2D eigenvalue weighted by Crippen LogP contribution is 2.49. The Hall–Kier alpha value is -1.68. The Morgan fingerprint density at radius 3 is 2.38 bits per heavy atom. The first-order chi connectivity index (χ1) is 16.4. The Morgan fingerprint density at radius 2 is 1.79 bits per heavy atom. The van der Waals surface area contributed by atoms with Crippen molar-refractivity contribution in [1.29, 1.82) is 0 Å². The van der Waals surface area contributed by atoms with Crippen LogP contribution in [-0.2, 0) is 5.54 Å². The summed E-state index contributed by atoms with van der Waals surface area (Å²) in [6.07, 6.45) is 8.10. The molecule has 4 rings (SSSR count). The number of anilines is 1. The first kappa shape index (κ1) is 25.4.